The predicted molar refractivity (Wildman–Crippen MR) is 127 cm³/mol. The number of amides is 1. The Balaban J connectivity index is 1.14. The topological polar surface area (TPSA) is 68.6 Å². The van der Waals surface area contributed by atoms with Crippen LogP contribution >= 0.6 is 0 Å². The van der Waals surface area contributed by atoms with Crippen molar-refractivity contribution in [3.05, 3.63) is 64.7 Å². The third kappa shape index (κ3) is 5.49. The van der Waals surface area contributed by atoms with E-state index in [2.05, 4.69) is 27.3 Å². The van der Waals surface area contributed by atoms with Crippen molar-refractivity contribution in [2.75, 3.05) is 50.8 Å². The number of aryl methyl sites for hydroxylation is 1. The molecule has 2 aliphatic heterocycles. The van der Waals surface area contributed by atoms with Crippen LogP contribution in [-0.2, 0) is 4.79 Å². The van der Waals surface area contributed by atoms with Crippen molar-refractivity contribution in [1.29, 1.82) is 5.26 Å². The lowest BCUT2D eigenvalue weighted by Gasteiger charge is -2.36. The van der Waals surface area contributed by atoms with Crippen LogP contribution in [0.25, 0.3) is 6.08 Å². The number of nitrogens with one attached hydrogen (secondary N) is 1. The molecule has 0 atom stereocenters. The van der Waals surface area contributed by atoms with Crippen molar-refractivity contribution in [1.82, 2.24) is 10.2 Å². The monoisotopic (exact) mass is 430 g/mol. The summed E-state index contributed by atoms with van der Waals surface area (Å²) < 4.78 is 5.72. The van der Waals surface area contributed by atoms with E-state index in [9.17, 15) is 4.79 Å². The van der Waals surface area contributed by atoms with Gasteiger partial charge in [-0.15, -0.1) is 0 Å². The molecule has 2 heterocycles. The molecule has 2 aromatic carbocycles. The Hall–Kier alpha value is -3.30. The van der Waals surface area contributed by atoms with Crippen molar-refractivity contribution in [2.45, 2.75) is 19.8 Å². The molecule has 1 saturated heterocycles. The van der Waals surface area contributed by atoms with Crippen LogP contribution in [0, 0.1) is 18.3 Å². The molecule has 1 fully saturated rings. The molecule has 32 heavy (non-hydrogen) atoms. The quantitative estimate of drug-likeness (QED) is 0.682. The number of rotatable bonds is 7. The largest absolute Gasteiger partial charge is 0.488 e. The Morgan fingerprint density at radius 2 is 1.97 bits per heavy atom. The Morgan fingerprint density at radius 3 is 2.78 bits per heavy atom. The van der Waals surface area contributed by atoms with Crippen LogP contribution in [0.1, 0.15) is 29.5 Å². The number of hydrogen-bond acceptors (Lipinski definition) is 5. The van der Waals surface area contributed by atoms with Crippen molar-refractivity contribution >= 4 is 17.7 Å². The highest BCUT2D eigenvalue weighted by molar-refractivity contribution is 5.99. The van der Waals surface area contributed by atoms with E-state index in [4.69, 9.17) is 10.00 Å². The van der Waals surface area contributed by atoms with Gasteiger partial charge in [-0.05, 0) is 62.7 Å². The van der Waals surface area contributed by atoms with Crippen molar-refractivity contribution < 1.29 is 9.53 Å². The predicted octanol–water partition coefficient (Wildman–Crippen LogP) is 3.36. The zero-order valence-electron chi connectivity index (χ0n) is 18.6. The Labute approximate surface area is 190 Å². The number of carbonyl (C=O) groups is 1. The van der Waals surface area contributed by atoms with E-state index in [1.54, 1.807) is 0 Å². The summed E-state index contributed by atoms with van der Waals surface area (Å²) in [5.74, 6) is 0.801. The number of anilines is 1. The molecule has 6 heteroatoms. The van der Waals surface area contributed by atoms with Crippen LogP contribution in [-0.4, -0.2) is 56.7 Å². The molecule has 0 aliphatic carbocycles. The van der Waals surface area contributed by atoms with Crippen LogP contribution in [0.5, 0.6) is 5.75 Å². The summed E-state index contributed by atoms with van der Waals surface area (Å²) in [5, 5.41) is 12.1. The zero-order valence-corrected chi connectivity index (χ0v) is 18.6. The first-order valence-corrected chi connectivity index (χ1v) is 11.3. The van der Waals surface area contributed by atoms with Gasteiger partial charge in [0, 0.05) is 44.0 Å². The Kier molecular flexibility index (Phi) is 7.08. The number of benzene rings is 2. The minimum absolute atomic E-state index is 0.0367. The van der Waals surface area contributed by atoms with E-state index in [0.29, 0.717) is 24.3 Å². The highest BCUT2D eigenvalue weighted by Crippen LogP contribution is 2.27. The third-order valence-electron chi connectivity index (χ3n) is 6.07. The molecule has 0 spiro atoms. The highest BCUT2D eigenvalue weighted by Gasteiger charge is 2.18. The van der Waals surface area contributed by atoms with Gasteiger partial charge >= 0.3 is 0 Å². The molecule has 0 unspecified atom stereocenters. The lowest BCUT2D eigenvalue weighted by molar-refractivity contribution is -0.117. The summed E-state index contributed by atoms with van der Waals surface area (Å²) in [6.45, 7) is 8.07. The molecule has 2 aliphatic rings. The summed E-state index contributed by atoms with van der Waals surface area (Å²) in [5.41, 5.74) is 4.65. The third-order valence-corrected chi connectivity index (χ3v) is 6.07. The van der Waals surface area contributed by atoms with E-state index in [1.807, 2.05) is 49.4 Å². The molecule has 2 aromatic rings. The molecule has 0 radical (unpaired) electrons. The Morgan fingerprint density at radius 1 is 1.12 bits per heavy atom. The second kappa shape index (κ2) is 10.3. The van der Waals surface area contributed by atoms with Gasteiger partial charge < -0.3 is 15.0 Å². The molecule has 1 amide bonds. The van der Waals surface area contributed by atoms with E-state index >= 15 is 0 Å². The van der Waals surface area contributed by atoms with Crippen LogP contribution in [0.4, 0.5) is 5.69 Å². The van der Waals surface area contributed by atoms with E-state index < -0.39 is 0 Å². The number of hydrogen-bond donors (Lipinski definition) is 1. The number of carbonyl (C=O) groups excluding carboxylic acids is 1. The van der Waals surface area contributed by atoms with Gasteiger partial charge in [-0.2, -0.15) is 5.26 Å². The second-order valence-corrected chi connectivity index (χ2v) is 8.45. The molecule has 0 saturated carbocycles. The van der Waals surface area contributed by atoms with Crippen LogP contribution in [0.2, 0.25) is 0 Å². The maximum absolute atomic E-state index is 12.5. The van der Waals surface area contributed by atoms with E-state index in [1.165, 1.54) is 0 Å². The fourth-order valence-electron chi connectivity index (χ4n) is 4.21. The first-order valence-electron chi connectivity index (χ1n) is 11.3. The summed E-state index contributed by atoms with van der Waals surface area (Å²) in [6, 6.07) is 16.1. The van der Waals surface area contributed by atoms with Crippen LogP contribution < -0.4 is 15.0 Å². The molecule has 0 bridgehead atoms. The molecular weight excluding hydrogens is 400 g/mol. The maximum atomic E-state index is 12.5. The molecule has 0 aromatic heterocycles. The van der Waals surface area contributed by atoms with Gasteiger partial charge in [0.2, 0.25) is 0 Å². The molecule has 4 rings (SSSR count). The normalized spacial score (nSPS) is 15.9. The van der Waals surface area contributed by atoms with Gasteiger partial charge in [0.25, 0.3) is 5.91 Å². The van der Waals surface area contributed by atoms with Crippen LogP contribution in [0.3, 0.4) is 0 Å². The summed E-state index contributed by atoms with van der Waals surface area (Å²) in [4.78, 5) is 17.3. The lowest BCUT2D eigenvalue weighted by atomic mass is 10.0. The van der Waals surface area contributed by atoms with Gasteiger partial charge in [0.1, 0.15) is 12.4 Å². The first-order chi connectivity index (χ1) is 15.6. The van der Waals surface area contributed by atoms with E-state index in [-0.39, 0.29) is 5.91 Å². The molecular formula is C26H30N4O2. The molecule has 166 valence electrons. The van der Waals surface area contributed by atoms with Crippen molar-refractivity contribution in [3.63, 3.8) is 0 Å². The summed E-state index contributed by atoms with van der Waals surface area (Å²) in [6.07, 6.45) is 3.95. The van der Waals surface area contributed by atoms with Gasteiger partial charge in [0.05, 0.1) is 17.2 Å². The number of ether oxygens (including phenoxy) is 1. The van der Waals surface area contributed by atoms with Gasteiger partial charge in [-0.25, -0.2) is 0 Å². The molecule has 1 N–H and O–H groups in total. The van der Waals surface area contributed by atoms with Gasteiger partial charge in [-0.3, -0.25) is 9.69 Å². The van der Waals surface area contributed by atoms with Crippen molar-refractivity contribution in [3.8, 4) is 11.8 Å². The maximum Gasteiger partial charge on any atom is 0.250 e. The lowest BCUT2D eigenvalue weighted by Crippen LogP contribution is -2.46. The van der Waals surface area contributed by atoms with Gasteiger partial charge in [0.15, 0.2) is 0 Å². The van der Waals surface area contributed by atoms with Crippen molar-refractivity contribution in [2.24, 2.45) is 0 Å². The number of nitrogens with zero attached hydrogens (tertiary/aromatic N) is 3. The first kappa shape index (κ1) is 21.9. The standard InChI is InChI=1S/C26H30N4O2/c1-20-7-8-25-22(15-20)17-23(19-32-25)26(31)28-9-2-3-10-29-11-13-30(14-12-29)24-6-4-5-21(16-24)18-27/h4-8,15-17H,2-3,9-14,19H2,1H3,(H,28,31). The summed E-state index contributed by atoms with van der Waals surface area (Å²) in [7, 11) is 0. The Bertz CT molecular complexity index is 1030. The average Bonchev–Trinajstić information content (AvgIpc) is 2.83. The average molecular weight is 431 g/mol. The number of unbranched alkanes of at least 4 members (excludes halogenated alkanes) is 1. The van der Waals surface area contributed by atoms with E-state index in [0.717, 1.165) is 68.1 Å². The zero-order chi connectivity index (χ0) is 22.3. The number of nitriles is 1. The van der Waals surface area contributed by atoms with Crippen LogP contribution in [0.15, 0.2) is 48.0 Å². The smallest absolute Gasteiger partial charge is 0.250 e. The van der Waals surface area contributed by atoms with Gasteiger partial charge in [-0.1, -0.05) is 17.7 Å². The second-order valence-electron chi connectivity index (χ2n) is 8.45. The molecule has 6 nitrogen and oxygen atoms in total. The summed E-state index contributed by atoms with van der Waals surface area (Å²) >= 11 is 0. The fraction of sp³-hybridized carbons (Fsp3) is 0.385. The number of piperazine rings is 1. The fourth-order valence-corrected chi connectivity index (χ4v) is 4.21. The highest BCUT2D eigenvalue weighted by atomic mass is 16.5. The number of fused-ring (bicyclic) bond motifs is 1. The minimum Gasteiger partial charge on any atom is -0.488 e. The minimum atomic E-state index is -0.0367. The SMILES string of the molecule is Cc1ccc2c(c1)C=C(C(=O)NCCCCN1CCN(c3cccc(C#N)c3)CC1)CO2.